The molecule has 6 nitrogen and oxygen atoms in total. The molecule has 1 aliphatic rings. The number of carboxylic acids is 1. The van der Waals surface area contributed by atoms with Gasteiger partial charge in [0.05, 0.1) is 0 Å². The maximum absolute atomic E-state index is 12.0. The molecule has 1 heterocycles. The summed E-state index contributed by atoms with van der Waals surface area (Å²) < 4.78 is 5.31. The molecule has 6 heteroatoms. The maximum atomic E-state index is 12.0. The van der Waals surface area contributed by atoms with E-state index in [0.717, 1.165) is 39.0 Å². The molecule has 122 valence electrons. The van der Waals surface area contributed by atoms with Gasteiger partial charge in [0.2, 0.25) is 0 Å². The van der Waals surface area contributed by atoms with Crippen molar-refractivity contribution in [2.45, 2.75) is 39.0 Å². The zero-order valence-electron chi connectivity index (χ0n) is 13.1. The number of urea groups is 1. The molecule has 1 atom stereocenters. The first-order valence-electron chi connectivity index (χ1n) is 7.77. The Bertz CT molecular complexity index is 330. The van der Waals surface area contributed by atoms with Crippen molar-refractivity contribution in [1.82, 2.24) is 10.2 Å². The summed E-state index contributed by atoms with van der Waals surface area (Å²) in [6.07, 6.45) is 3.69. The van der Waals surface area contributed by atoms with Gasteiger partial charge in [0.25, 0.3) is 0 Å². The highest BCUT2D eigenvalue weighted by atomic mass is 16.5. The number of carboxylic acid groups (broad SMARTS) is 1. The van der Waals surface area contributed by atoms with Crippen molar-refractivity contribution in [3.63, 3.8) is 0 Å². The first-order valence-corrected chi connectivity index (χ1v) is 7.77. The Kier molecular flexibility index (Phi) is 8.12. The summed E-state index contributed by atoms with van der Waals surface area (Å²) in [5.41, 5.74) is 0. The van der Waals surface area contributed by atoms with Crippen molar-refractivity contribution in [2.75, 3.05) is 33.4 Å². The molecule has 1 aliphatic heterocycles. The number of ether oxygens (including phenoxy) is 1. The number of hydrogen-bond acceptors (Lipinski definition) is 3. The van der Waals surface area contributed by atoms with E-state index in [1.54, 1.807) is 4.90 Å². The smallest absolute Gasteiger partial charge is 0.317 e. The van der Waals surface area contributed by atoms with E-state index in [2.05, 4.69) is 5.32 Å². The number of carbonyl (C=O) groups excluding carboxylic acids is 1. The van der Waals surface area contributed by atoms with Crippen molar-refractivity contribution in [3.8, 4) is 0 Å². The van der Waals surface area contributed by atoms with E-state index >= 15 is 0 Å². The highest BCUT2D eigenvalue weighted by Crippen LogP contribution is 2.15. The highest BCUT2D eigenvalue weighted by molar-refractivity contribution is 5.73. The fourth-order valence-electron chi connectivity index (χ4n) is 2.47. The minimum atomic E-state index is -0.762. The van der Waals surface area contributed by atoms with Crippen molar-refractivity contribution in [1.29, 1.82) is 0 Å². The van der Waals surface area contributed by atoms with E-state index in [9.17, 15) is 9.59 Å². The molecule has 2 N–H and O–H groups in total. The van der Waals surface area contributed by atoms with Gasteiger partial charge in [-0.2, -0.15) is 0 Å². The Morgan fingerprint density at radius 2 is 2.00 bits per heavy atom. The number of aliphatic carboxylic acids is 1. The first kappa shape index (κ1) is 17.8. The van der Waals surface area contributed by atoms with E-state index in [-0.39, 0.29) is 12.5 Å². The van der Waals surface area contributed by atoms with E-state index < -0.39 is 5.97 Å². The third-order valence-electron chi connectivity index (χ3n) is 3.98. The van der Waals surface area contributed by atoms with E-state index in [4.69, 9.17) is 9.84 Å². The predicted molar refractivity (Wildman–Crippen MR) is 80.2 cm³/mol. The SMILES string of the molecule is CC(CCNC(=O)N(C)CC1CCOCC1)CCC(=O)O. The molecule has 0 aliphatic carbocycles. The van der Waals surface area contributed by atoms with Crippen LogP contribution >= 0.6 is 0 Å². The van der Waals surface area contributed by atoms with Crippen LogP contribution in [0.15, 0.2) is 0 Å². The zero-order valence-corrected chi connectivity index (χ0v) is 13.1. The number of rotatable bonds is 8. The maximum Gasteiger partial charge on any atom is 0.317 e. The minimum absolute atomic E-state index is 0.0491. The summed E-state index contributed by atoms with van der Waals surface area (Å²) in [5, 5.41) is 11.5. The Morgan fingerprint density at radius 1 is 1.33 bits per heavy atom. The lowest BCUT2D eigenvalue weighted by molar-refractivity contribution is -0.137. The molecule has 0 aromatic carbocycles. The summed E-state index contributed by atoms with van der Waals surface area (Å²) >= 11 is 0. The zero-order chi connectivity index (χ0) is 15.7. The van der Waals surface area contributed by atoms with Gasteiger partial charge in [-0.05, 0) is 37.5 Å². The predicted octanol–water partition coefficient (Wildman–Crippen LogP) is 1.95. The van der Waals surface area contributed by atoms with E-state index in [1.165, 1.54) is 0 Å². The second-order valence-electron chi connectivity index (χ2n) is 5.99. The fraction of sp³-hybridized carbons (Fsp3) is 0.867. The van der Waals surface area contributed by atoms with Crippen molar-refractivity contribution >= 4 is 12.0 Å². The molecule has 0 aromatic heterocycles. The first-order chi connectivity index (χ1) is 9.99. The minimum Gasteiger partial charge on any atom is -0.481 e. The molecule has 1 rings (SSSR count). The quantitative estimate of drug-likeness (QED) is 0.718. The summed E-state index contributed by atoms with van der Waals surface area (Å²) in [5.74, 6) is 0.0771. The fourth-order valence-corrected chi connectivity index (χ4v) is 2.47. The molecule has 2 amide bonds. The van der Waals surface area contributed by atoms with Gasteiger partial charge >= 0.3 is 12.0 Å². The van der Waals surface area contributed by atoms with Crippen LogP contribution < -0.4 is 5.32 Å². The van der Waals surface area contributed by atoms with Crippen LogP contribution in [-0.4, -0.2) is 55.4 Å². The van der Waals surface area contributed by atoms with Crippen LogP contribution in [0.5, 0.6) is 0 Å². The monoisotopic (exact) mass is 300 g/mol. The van der Waals surface area contributed by atoms with Gasteiger partial charge in [-0.1, -0.05) is 6.92 Å². The van der Waals surface area contributed by atoms with Crippen LogP contribution in [0.25, 0.3) is 0 Å². The lowest BCUT2D eigenvalue weighted by Gasteiger charge is -2.27. The summed E-state index contributed by atoms with van der Waals surface area (Å²) in [6.45, 7) is 4.96. The van der Waals surface area contributed by atoms with Crippen LogP contribution in [0.4, 0.5) is 4.79 Å². The Morgan fingerprint density at radius 3 is 2.62 bits per heavy atom. The summed E-state index contributed by atoms with van der Waals surface area (Å²) in [7, 11) is 1.82. The summed E-state index contributed by atoms with van der Waals surface area (Å²) in [4.78, 5) is 24.2. The third-order valence-corrected chi connectivity index (χ3v) is 3.98. The van der Waals surface area contributed by atoms with Crippen LogP contribution in [0.3, 0.4) is 0 Å². The Hall–Kier alpha value is -1.30. The molecule has 1 unspecified atom stereocenters. The van der Waals surface area contributed by atoms with Gasteiger partial charge < -0.3 is 20.1 Å². The third kappa shape index (κ3) is 7.90. The highest BCUT2D eigenvalue weighted by Gasteiger charge is 2.18. The molecule has 0 spiro atoms. The largest absolute Gasteiger partial charge is 0.481 e. The van der Waals surface area contributed by atoms with E-state index in [0.29, 0.717) is 24.8 Å². The average Bonchev–Trinajstić information content (AvgIpc) is 2.46. The van der Waals surface area contributed by atoms with Gasteiger partial charge in [-0.25, -0.2) is 4.79 Å². The number of amides is 2. The topological polar surface area (TPSA) is 78.9 Å². The lowest BCUT2D eigenvalue weighted by atomic mass is 10.00. The molecule has 0 aromatic rings. The molecule has 21 heavy (non-hydrogen) atoms. The molecular formula is C15H28N2O4. The second-order valence-corrected chi connectivity index (χ2v) is 5.99. The average molecular weight is 300 g/mol. The standard InChI is InChI=1S/C15H28N2O4/c1-12(3-4-14(18)19)5-8-16-15(20)17(2)11-13-6-9-21-10-7-13/h12-13H,3-11H2,1-2H3,(H,16,20)(H,18,19). The van der Waals surface area contributed by atoms with Crippen LogP contribution in [0.2, 0.25) is 0 Å². The Labute approximate surface area is 126 Å². The van der Waals surface area contributed by atoms with E-state index in [1.807, 2.05) is 14.0 Å². The van der Waals surface area contributed by atoms with Crippen molar-refractivity contribution < 1.29 is 19.4 Å². The molecule has 1 saturated heterocycles. The van der Waals surface area contributed by atoms with Gasteiger partial charge in [0.15, 0.2) is 0 Å². The van der Waals surface area contributed by atoms with Crippen LogP contribution in [0, 0.1) is 11.8 Å². The van der Waals surface area contributed by atoms with Gasteiger partial charge in [-0.3, -0.25) is 4.79 Å². The number of hydrogen-bond donors (Lipinski definition) is 2. The molecule has 0 bridgehead atoms. The normalized spacial score (nSPS) is 17.2. The number of nitrogens with one attached hydrogen (secondary N) is 1. The van der Waals surface area contributed by atoms with Crippen molar-refractivity contribution in [3.05, 3.63) is 0 Å². The lowest BCUT2D eigenvalue weighted by Crippen LogP contribution is -2.41. The molecule has 0 radical (unpaired) electrons. The van der Waals surface area contributed by atoms with Crippen molar-refractivity contribution in [2.24, 2.45) is 11.8 Å². The van der Waals surface area contributed by atoms with Gasteiger partial charge in [0.1, 0.15) is 0 Å². The molecule has 0 saturated carbocycles. The van der Waals surface area contributed by atoms with Gasteiger partial charge in [-0.15, -0.1) is 0 Å². The number of nitrogens with zero attached hydrogens (tertiary/aromatic N) is 1. The summed E-state index contributed by atoms with van der Waals surface area (Å²) in [6, 6.07) is -0.0491. The van der Waals surface area contributed by atoms with Gasteiger partial charge in [0, 0.05) is 39.8 Å². The second kappa shape index (κ2) is 9.60. The number of carbonyl (C=O) groups is 2. The molecule has 1 fully saturated rings. The van der Waals surface area contributed by atoms with Crippen LogP contribution in [-0.2, 0) is 9.53 Å². The molecular weight excluding hydrogens is 272 g/mol. The van der Waals surface area contributed by atoms with Crippen LogP contribution in [0.1, 0.15) is 39.0 Å². The Balaban J connectivity index is 2.12.